The Bertz CT molecular complexity index is 508. The largest absolute Gasteiger partial charge is 0.494 e. The number of aromatic nitrogens is 1. The van der Waals surface area contributed by atoms with E-state index in [1.165, 1.54) is 0 Å². The molecule has 17 heavy (non-hydrogen) atoms. The van der Waals surface area contributed by atoms with E-state index < -0.39 is 0 Å². The Hall–Kier alpha value is -1.39. The maximum atomic E-state index is 5.56. The molecule has 90 valence electrons. The lowest BCUT2D eigenvalue weighted by molar-refractivity contribution is 0.338. The quantitative estimate of drug-likeness (QED) is 0.905. The van der Waals surface area contributed by atoms with E-state index in [1.807, 2.05) is 31.4 Å². The summed E-state index contributed by atoms with van der Waals surface area (Å²) >= 11 is 1.62. The van der Waals surface area contributed by atoms with E-state index >= 15 is 0 Å². The van der Waals surface area contributed by atoms with Crippen molar-refractivity contribution in [3.8, 4) is 16.3 Å². The third kappa shape index (κ3) is 2.65. The van der Waals surface area contributed by atoms with Crippen LogP contribution in [0.1, 0.15) is 18.2 Å². The van der Waals surface area contributed by atoms with Gasteiger partial charge in [0.1, 0.15) is 10.8 Å². The van der Waals surface area contributed by atoms with Gasteiger partial charge < -0.3 is 10.5 Å². The average molecular weight is 248 g/mol. The molecule has 0 radical (unpaired) electrons. The smallest absolute Gasteiger partial charge is 0.123 e. The number of aryl methyl sites for hydroxylation is 1. The van der Waals surface area contributed by atoms with Gasteiger partial charge in [0.25, 0.3) is 0 Å². The molecule has 0 atom stereocenters. The highest BCUT2D eigenvalue weighted by Gasteiger charge is 2.06. The summed E-state index contributed by atoms with van der Waals surface area (Å²) in [5, 5.41) is 3.01. The fourth-order valence-electron chi connectivity index (χ4n) is 1.63. The van der Waals surface area contributed by atoms with E-state index in [1.54, 1.807) is 11.3 Å². The molecule has 0 saturated carbocycles. The molecule has 0 aliphatic carbocycles. The number of ether oxygens (including phenoxy) is 1. The maximum absolute atomic E-state index is 5.56. The van der Waals surface area contributed by atoms with Crippen LogP contribution < -0.4 is 10.5 Å². The lowest BCUT2D eigenvalue weighted by Crippen LogP contribution is -1.96. The van der Waals surface area contributed by atoms with Crippen LogP contribution in [0.3, 0.4) is 0 Å². The molecule has 3 nitrogen and oxygen atoms in total. The van der Waals surface area contributed by atoms with Crippen molar-refractivity contribution in [1.29, 1.82) is 0 Å². The van der Waals surface area contributed by atoms with Crippen LogP contribution in [0.25, 0.3) is 10.6 Å². The van der Waals surface area contributed by atoms with Gasteiger partial charge >= 0.3 is 0 Å². The fourth-order valence-corrected chi connectivity index (χ4v) is 2.46. The van der Waals surface area contributed by atoms with Crippen molar-refractivity contribution < 1.29 is 4.74 Å². The molecule has 1 heterocycles. The van der Waals surface area contributed by atoms with Crippen LogP contribution in [0.2, 0.25) is 0 Å². The third-order valence-electron chi connectivity index (χ3n) is 2.48. The summed E-state index contributed by atoms with van der Waals surface area (Å²) in [4.78, 5) is 4.47. The number of nitrogens with zero attached hydrogens (tertiary/aromatic N) is 1. The van der Waals surface area contributed by atoms with E-state index in [2.05, 4.69) is 11.1 Å². The molecule has 1 aromatic heterocycles. The van der Waals surface area contributed by atoms with Crippen molar-refractivity contribution >= 4 is 11.3 Å². The van der Waals surface area contributed by atoms with Crippen molar-refractivity contribution in [3.63, 3.8) is 0 Å². The predicted molar refractivity (Wildman–Crippen MR) is 71.3 cm³/mol. The summed E-state index contributed by atoms with van der Waals surface area (Å²) < 4.78 is 5.52. The summed E-state index contributed by atoms with van der Waals surface area (Å²) in [6.45, 7) is 5.22. The number of hydrogen-bond acceptors (Lipinski definition) is 4. The Morgan fingerprint density at radius 3 is 2.82 bits per heavy atom. The predicted octanol–water partition coefficient (Wildman–Crippen LogP) is 2.98. The van der Waals surface area contributed by atoms with Gasteiger partial charge in [-0.15, -0.1) is 11.3 Å². The van der Waals surface area contributed by atoms with E-state index in [4.69, 9.17) is 10.5 Å². The minimum absolute atomic E-state index is 0.493. The van der Waals surface area contributed by atoms with Gasteiger partial charge in [-0.05, 0) is 37.6 Å². The first-order valence-corrected chi connectivity index (χ1v) is 6.51. The Balaban J connectivity index is 2.30. The van der Waals surface area contributed by atoms with Crippen LogP contribution >= 0.6 is 11.3 Å². The van der Waals surface area contributed by atoms with Gasteiger partial charge in [0.05, 0.1) is 12.3 Å². The molecular formula is C13H16N2OS. The molecule has 0 saturated heterocycles. The standard InChI is InChI=1S/C13H16N2OS/c1-3-16-12-5-4-10(6-9(12)2)13-15-11(7-14)8-17-13/h4-6,8H,3,7,14H2,1-2H3. The van der Waals surface area contributed by atoms with E-state index in [0.29, 0.717) is 13.2 Å². The number of rotatable bonds is 4. The van der Waals surface area contributed by atoms with Gasteiger partial charge in [-0.3, -0.25) is 0 Å². The van der Waals surface area contributed by atoms with Crippen molar-refractivity contribution in [2.24, 2.45) is 5.73 Å². The van der Waals surface area contributed by atoms with Crippen LogP contribution in [-0.4, -0.2) is 11.6 Å². The second kappa shape index (κ2) is 5.29. The number of thiazole rings is 1. The second-order valence-corrected chi connectivity index (χ2v) is 4.62. The third-order valence-corrected chi connectivity index (χ3v) is 3.42. The van der Waals surface area contributed by atoms with Crippen molar-refractivity contribution in [3.05, 3.63) is 34.8 Å². The van der Waals surface area contributed by atoms with Crippen molar-refractivity contribution in [2.45, 2.75) is 20.4 Å². The van der Waals surface area contributed by atoms with Crippen LogP contribution in [0.15, 0.2) is 23.6 Å². The zero-order valence-corrected chi connectivity index (χ0v) is 10.9. The summed E-state index contributed by atoms with van der Waals surface area (Å²) in [5.41, 5.74) is 8.75. The van der Waals surface area contributed by atoms with E-state index in [-0.39, 0.29) is 0 Å². The Morgan fingerprint density at radius 1 is 1.41 bits per heavy atom. The molecular weight excluding hydrogens is 232 g/mol. The zero-order valence-electron chi connectivity index (χ0n) is 10.1. The molecule has 1 aromatic carbocycles. The Morgan fingerprint density at radius 2 is 2.24 bits per heavy atom. The van der Waals surface area contributed by atoms with Gasteiger partial charge in [0.2, 0.25) is 0 Å². The van der Waals surface area contributed by atoms with Crippen molar-refractivity contribution in [2.75, 3.05) is 6.61 Å². The van der Waals surface area contributed by atoms with Gasteiger partial charge in [-0.25, -0.2) is 4.98 Å². The van der Waals surface area contributed by atoms with Crippen LogP contribution in [0, 0.1) is 6.92 Å². The molecule has 0 amide bonds. The number of benzene rings is 1. The molecule has 0 aliphatic rings. The monoisotopic (exact) mass is 248 g/mol. The van der Waals surface area contributed by atoms with E-state index in [0.717, 1.165) is 27.6 Å². The van der Waals surface area contributed by atoms with Crippen LogP contribution in [0.5, 0.6) is 5.75 Å². The van der Waals surface area contributed by atoms with E-state index in [9.17, 15) is 0 Å². The van der Waals surface area contributed by atoms with Gasteiger partial charge in [-0.1, -0.05) is 0 Å². The fraction of sp³-hybridized carbons (Fsp3) is 0.308. The SMILES string of the molecule is CCOc1ccc(-c2nc(CN)cs2)cc1C. The molecule has 0 bridgehead atoms. The van der Waals surface area contributed by atoms with Gasteiger partial charge in [0.15, 0.2) is 0 Å². The number of nitrogens with two attached hydrogens (primary N) is 1. The summed E-state index contributed by atoms with van der Waals surface area (Å²) in [5.74, 6) is 0.937. The average Bonchev–Trinajstić information content (AvgIpc) is 2.80. The minimum atomic E-state index is 0.493. The van der Waals surface area contributed by atoms with Crippen LogP contribution in [-0.2, 0) is 6.54 Å². The molecule has 0 aliphatic heterocycles. The molecule has 2 N–H and O–H groups in total. The lowest BCUT2D eigenvalue weighted by atomic mass is 10.1. The lowest BCUT2D eigenvalue weighted by Gasteiger charge is -2.07. The first-order valence-electron chi connectivity index (χ1n) is 5.63. The molecule has 4 heteroatoms. The Labute approximate surface area is 105 Å². The van der Waals surface area contributed by atoms with Crippen molar-refractivity contribution in [1.82, 2.24) is 4.98 Å². The summed E-state index contributed by atoms with van der Waals surface area (Å²) in [7, 11) is 0. The van der Waals surface area contributed by atoms with Gasteiger partial charge in [-0.2, -0.15) is 0 Å². The summed E-state index contributed by atoms with van der Waals surface area (Å²) in [6.07, 6.45) is 0. The molecule has 2 rings (SSSR count). The molecule has 2 aromatic rings. The Kier molecular flexibility index (Phi) is 3.76. The normalized spacial score (nSPS) is 10.5. The first kappa shape index (κ1) is 12.1. The topological polar surface area (TPSA) is 48.1 Å². The first-order chi connectivity index (χ1) is 8.24. The summed E-state index contributed by atoms with van der Waals surface area (Å²) in [6, 6.07) is 6.14. The minimum Gasteiger partial charge on any atom is -0.494 e. The highest BCUT2D eigenvalue weighted by molar-refractivity contribution is 7.13. The molecule has 0 fully saturated rings. The van der Waals surface area contributed by atoms with Crippen LogP contribution in [0.4, 0.5) is 0 Å². The highest BCUT2D eigenvalue weighted by Crippen LogP contribution is 2.28. The molecule has 0 unspecified atom stereocenters. The van der Waals surface area contributed by atoms with Gasteiger partial charge in [0, 0.05) is 17.5 Å². The highest BCUT2D eigenvalue weighted by atomic mass is 32.1. The molecule has 0 spiro atoms. The maximum Gasteiger partial charge on any atom is 0.123 e. The second-order valence-electron chi connectivity index (χ2n) is 3.76. The number of hydrogen-bond donors (Lipinski definition) is 1. The zero-order chi connectivity index (χ0) is 12.3.